The van der Waals surface area contributed by atoms with E-state index in [0.29, 0.717) is 50.6 Å². The van der Waals surface area contributed by atoms with Crippen molar-refractivity contribution < 1.29 is 27.4 Å². The molecule has 4 rings (SSSR count). The summed E-state index contributed by atoms with van der Waals surface area (Å²) >= 11 is 6.35. The van der Waals surface area contributed by atoms with Gasteiger partial charge in [0.25, 0.3) is 0 Å². The van der Waals surface area contributed by atoms with Crippen LogP contribution in [0.15, 0.2) is 103 Å². The second-order valence-electron chi connectivity index (χ2n) is 12.0. The van der Waals surface area contributed by atoms with Gasteiger partial charge in [-0.2, -0.15) is 13.2 Å². The molecule has 5 nitrogen and oxygen atoms in total. The molecule has 0 radical (unpaired) electrons. The molecule has 256 valence electrons. The monoisotopic (exact) mass is 680 g/mol. The van der Waals surface area contributed by atoms with E-state index in [9.17, 15) is 18.0 Å². The van der Waals surface area contributed by atoms with Gasteiger partial charge in [0.15, 0.2) is 0 Å². The van der Waals surface area contributed by atoms with Crippen molar-refractivity contribution in [1.29, 1.82) is 0 Å². The Labute approximate surface area is 287 Å². The molecule has 48 heavy (non-hydrogen) atoms. The van der Waals surface area contributed by atoms with E-state index < -0.39 is 11.7 Å². The van der Waals surface area contributed by atoms with Gasteiger partial charge in [0.05, 0.1) is 29.7 Å². The summed E-state index contributed by atoms with van der Waals surface area (Å²) in [6, 6.07) is 31.8. The van der Waals surface area contributed by atoms with E-state index >= 15 is 0 Å². The first-order valence-electron chi connectivity index (χ1n) is 16.4. The minimum absolute atomic E-state index is 0.0107. The van der Waals surface area contributed by atoms with Gasteiger partial charge in [-0.1, -0.05) is 96.5 Å². The predicted molar refractivity (Wildman–Crippen MR) is 185 cm³/mol. The van der Waals surface area contributed by atoms with Crippen molar-refractivity contribution in [3.8, 4) is 5.75 Å². The van der Waals surface area contributed by atoms with Crippen LogP contribution >= 0.6 is 11.6 Å². The molecule has 0 aliphatic rings. The third-order valence-electron chi connectivity index (χ3n) is 7.87. The normalized spacial score (nSPS) is 11.8. The number of rotatable bonds is 18. The third-order valence-corrected chi connectivity index (χ3v) is 8.31. The summed E-state index contributed by atoms with van der Waals surface area (Å²) in [5.74, 6) is 0.583. The smallest absolute Gasteiger partial charge is 0.417 e. The maximum atomic E-state index is 13.7. The maximum absolute atomic E-state index is 13.7. The van der Waals surface area contributed by atoms with Crippen LogP contribution in [-0.4, -0.2) is 49.8 Å². The van der Waals surface area contributed by atoms with Crippen molar-refractivity contribution in [2.75, 3.05) is 32.8 Å². The molecule has 0 aromatic heterocycles. The van der Waals surface area contributed by atoms with E-state index in [1.54, 1.807) is 6.07 Å². The zero-order valence-corrected chi connectivity index (χ0v) is 28.3. The molecule has 0 aliphatic carbocycles. The van der Waals surface area contributed by atoms with E-state index in [4.69, 9.17) is 21.1 Å². The number of carbonyl (C=O) groups is 1. The molecule has 0 unspecified atom stereocenters. The SMILES string of the molecule is CC(C)OCCCNC(=O)Cc1cccc(OCCCN(Cc2cccc(C(F)(F)F)c2Cl)CC(c2ccccc2)c2ccccc2)c1. The Kier molecular flexibility index (Phi) is 14.4. The van der Waals surface area contributed by atoms with Gasteiger partial charge < -0.3 is 14.8 Å². The van der Waals surface area contributed by atoms with E-state index in [1.165, 1.54) is 6.07 Å². The second-order valence-corrected chi connectivity index (χ2v) is 12.4. The van der Waals surface area contributed by atoms with E-state index in [2.05, 4.69) is 34.5 Å². The summed E-state index contributed by atoms with van der Waals surface area (Å²) in [4.78, 5) is 14.6. The van der Waals surface area contributed by atoms with Gasteiger partial charge >= 0.3 is 6.18 Å². The van der Waals surface area contributed by atoms with Gasteiger partial charge in [-0.25, -0.2) is 0 Å². The Morgan fingerprint density at radius 1 is 0.854 bits per heavy atom. The van der Waals surface area contributed by atoms with Crippen LogP contribution in [0.3, 0.4) is 0 Å². The highest BCUT2D eigenvalue weighted by molar-refractivity contribution is 6.32. The van der Waals surface area contributed by atoms with Gasteiger partial charge in [-0.3, -0.25) is 9.69 Å². The molecule has 0 bridgehead atoms. The van der Waals surface area contributed by atoms with Crippen LogP contribution in [0.25, 0.3) is 0 Å². The quantitative estimate of drug-likeness (QED) is 0.107. The first kappa shape index (κ1) is 37.0. The zero-order chi connectivity index (χ0) is 34.4. The average Bonchev–Trinajstić information content (AvgIpc) is 3.06. The molecule has 0 heterocycles. The molecule has 4 aromatic carbocycles. The second kappa shape index (κ2) is 18.6. The molecule has 0 saturated heterocycles. The molecule has 0 saturated carbocycles. The molecule has 0 aliphatic heterocycles. The topological polar surface area (TPSA) is 50.8 Å². The highest BCUT2D eigenvalue weighted by atomic mass is 35.5. The van der Waals surface area contributed by atoms with E-state index in [0.717, 1.165) is 29.2 Å². The molecule has 1 amide bonds. The molecular weight excluding hydrogens is 637 g/mol. The number of amides is 1. The van der Waals surface area contributed by atoms with Crippen LogP contribution in [0.5, 0.6) is 5.75 Å². The highest BCUT2D eigenvalue weighted by Gasteiger charge is 2.34. The van der Waals surface area contributed by atoms with Crippen molar-refractivity contribution >= 4 is 17.5 Å². The Hall–Kier alpha value is -3.85. The van der Waals surface area contributed by atoms with Gasteiger partial charge in [-0.15, -0.1) is 0 Å². The number of nitrogens with zero attached hydrogens (tertiary/aromatic N) is 1. The number of ether oxygens (including phenoxy) is 2. The van der Waals surface area contributed by atoms with Crippen molar-refractivity contribution in [2.45, 2.75) is 57.9 Å². The minimum Gasteiger partial charge on any atom is -0.494 e. The van der Waals surface area contributed by atoms with Crippen molar-refractivity contribution in [1.82, 2.24) is 10.2 Å². The first-order chi connectivity index (χ1) is 23.1. The summed E-state index contributed by atoms with van der Waals surface area (Å²) in [6.07, 6.45) is -2.76. The number of alkyl halides is 3. The van der Waals surface area contributed by atoms with Gasteiger partial charge in [0, 0.05) is 38.7 Å². The Morgan fingerprint density at radius 2 is 1.52 bits per heavy atom. The summed E-state index contributed by atoms with van der Waals surface area (Å²) in [7, 11) is 0. The van der Waals surface area contributed by atoms with Crippen LogP contribution in [0.4, 0.5) is 13.2 Å². The van der Waals surface area contributed by atoms with E-state index in [1.807, 2.05) is 74.5 Å². The summed E-state index contributed by atoms with van der Waals surface area (Å²) in [5, 5.41) is 2.66. The standard InChI is InChI=1S/C39H44ClF3N2O3/c1-29(2)47-23-11-21-44-37(46)26-30-13-9-19-34(25-30)48-24-12-22-45(27-33-18-10-20-36(38(33)40)39(41,42)43)28-35(31-14-5-3-6-15-31)32-16-7-4-8-17-32/h3-10,13-20,25,29,35H,11-12,21-24,26-28H2,1-2H3,(H,44,46). The van der Waals surface area contributed by atoms with Crippen molar-refractivity contribution in [3.63, 3.8) is 0 Å². The number of nitrogens with one attached hydrogen (secondary N) is 1. The maximum Gasteiger partial charge on any atom is 0.417 e. The molecular formula is C39H44ClF3N2O3. The first-order valence-corrected chi connectivity index (χ1v) is 16.7. The highest BCUT2D eigenvalue weighted by Crippen LogP contribution is 2.37. The molecule has 0 fully saturated rings. The van der Waals surface area contributed by atoms with Crippen LogP contribution in [0, 0.1) is 0 Å². The molecule has 0 atom stereocenters. The van der Waals surface area contributed by atoms with Gasteiger partial charge in [-0.05, 0) is 67.1 Å². The molecule has 4 aromatic rings. The lowest BCUT2D eigenvalue weighted by molar-refractivity contribution is -0.137. The van der Waals surface area contributed by atoms with Crippen molar-refractivity contribution in [2.24, 2.45) is 0 Å². The molecule has 0 spiro atoms. The number of halogens is 4. The predicted octanol–water partition coefficient (Wildman–Crippen LogP) is 8.94. The Bertz CT molecular complexity index is 1510. The van der Waals surface area contributed by atoms with Crippen LogP contribution in [0.1, 0.15) is 60.4 Å². The van der Waals surface area contributed by atoms with Crippen LogP contribution in [-0.2, 0) is 28.7 Å². The number of benzene rings is 4. The fourth-order valence-electron chi connectivity index (χ4n) is 5.52. The lowest BCUT2D eigenvalue weighted by Gasteiger charge is -2.29. The Morgan fingerprint density at radius 3 is 2.17 bits per heavy atom. The third kappa shape index (κ3) is 12.0. The molecule has 9 heteroatoms. The number of hydrogen-bond donors (Lipinski definition) is 1. The van der Waals surface area contributed by atoms with E-state index in [-0.39, 0.29) is 35.9 Å². The fraction of sp³-hybridized carbons (Fsp3) is 0.359. The number of hydrogen-bond acceptors (Lipinski definition) is 4. The molecule has 1 N–H and O–H groups in total. The fourth-order valence-corrected chi connectivity index (χ4v) is 5.81. The lowest BCUT2D eigenvalue weighted by atomic mass is 9.90. The van der Waals surface area contributed by atoms with Crippen LogP contribution < -0.4 is 10.1 Å². The van der Waals surface area contributed by atoms with Crippen molar-refractivity contribution in [3.05, 3.63) is 136 Å². The summed E-state index contributed by atoms with van der Waals surface area (Å²) < 4.78 is 52.7. The largest absolute Gasteiger partial charge is 0.494 e. The number of carbonyl (C=O) groups excluding carboxylic acids is 1. The summed E-state index contributed by atoms with van der Waals surface area (Å²) in [5.41, 5.74) is 2.67. The Balaban J connectivity index is 1.42. The zero-order valence-electron chi connectivity index (χ0n) is 27.5. The lowest BCUT2D eigenvalue weighted by Crippen LogP contribution is -2.31. The van der Waals surface area contributed by atoms with Gasteiger partial charge in [0.1, 0.15) is 5.75 Å². The van der Waals surface area contributed by atoms with Crippen LogP contribution in [0.2, 0.25) is 5.02 Å². The summed E-state index contributed by atoms with van der Waals surface area (Å²) in [6.45, 7) is 6.87. The minimum atomic E-state index is -4.54. The van der Waals surface area contributed by atoms with Gasteiger partial charge in [0.2, 0.25) is 5.91 Å². The average molecular weight is 681 g/mol.